The average molecular weight is 376 g/mol. The molecular formula is C14H16BrClN2O3. The second-order valence-corrected chi connectivity index (χ2v) is 6.27. The molecule has 0 aromatic heterocycles. The number of carbonyl (C=O) groups excluding carboxylic acids is 1. The summed E-state index contributed by atoms with van der Waals surface area (Å²) in [5.74, 6) is -0.964. The molecule has 1 aromatic carbocycles. The number of nitrogens with zero attached hydrogens (tertiary/aromatic N) is 1. The number of aliphatic carboxylic acids is 1. The van der Waals surface area contributed by atoms with Gasteiger partial charge in [-0.25, -0.2) is 9.59 Å². The number of urea groups is 1. The van der Waals surface area contributed by atoms with Crippen LogP contribution in [-0.2, 0) is 4.79 Å². The second-order valence-electron chi connectivity index (χ2n) is 4.95. The first-order valence-electron chi connectivity index (χ1n) is 6.74. The highest BCUT2D eigenvalue weighted by Crippen LogP contribution is 2.26. The third-order valence-electron chi connectivity index (χ3n) is 3.47. The molecule has 1 aliphatic heterocycles. The standard InChI is InChI=1S/C14H16BrClN2O3/c15-9-5-6-11(10(16)8-9)17-14(21)18-7-3-1-2-4-12(18)13(19)20/h5-6,8,12H,1-4,7H2,(H,17,21)(H,19,20). The summed E-state index contributed by atoms with van der Waals surface area (Å²) in [6.07, 6.45) is 3.05. The second kappa shape index (κ2) is 7.13. The van der Waals surface area contributed by atoms with Crippen molar-refractivity contribution in [2.45, 2.75) is 31.7 Å². The van der Waals surface area contributed by atoms with E-state index in [4.69, 9.17) is 11.6 Å². The molecule has 1 unspecified atom stereocenters. The van der Waals surface area contributed by atoms with Crippen LogP contribution in [0.5, 0.6) is 0 Å². The van der Waals surface area contributed by atoms with Crippen LogP contribution in [-0.4, -0.2) is 34.6 Å². The number of carboxylic acid groups (broad SMARTS) is 1. The van der Waals surface area contributed by atoms with Crippen LogP contribution in [0.2, 0.25) is 5.02 Å². The molecule has 1 fully saturated rings. The SMILES string of the molecule is O=C(O)C1CCCCCN1C(=O)Nc1ccc(Br)cc1Cl. The highest BCUT2D eigenvalue weighted by atomic mass is 79.9. The quantitative estimate of drug-likeness (QED) is 0.822. The van der Waals surface area contributed by atoms with Crippen LogP contribution in [0.4, 0.5) is 10.5 Å². The zero-order chi connectivity index (χ0) is 15.4. The first kappa shape index (κ1) is 16.1. The lowest BCUT2D eigenvalue weighted by molar-refractivity contribution is -0.142. The molecule has 1 atom stereocenters. The normalized spacial score (nSPS) is 19.0. The summed E-state index contributed by atoms with van der Waals surface area (Å²) < 4.78 is 0.809. The fourth-order valence-corrected chi connectivity index (χ4v) is 3.11. The molecule has 0 bridgehead atoms. The topological polar surface area (TPSA) is 69.6 Å². The molecule has 5 nitrogen and oxygen atoms in total. The molecule has 1 aliphatic rings. The largest absolute Gasteiger partial charge is 0.480 e. The summed E-state index contributed by atoms with van der Waals surface area (Å²) >= 11 is 9.36. The maximum atomic E-state index is 12.4. The molecule has 1 aromatic rings. The van der Waals surface area contributed by atoms with Crippen LogP contribution in [0, 0.1) is 0 Å². The number of carbonyl (C=O) groups is 2. The lowest BCUT2D eigenvalue weighted by atomic mass is 10.1. The van der Waals surface area contributed by atoms with Gasteiger partial charge in [0.2, 0.25) is 0 Å². The van der Waals surface area contributed by atoms with E-state index in [1.807, 2.05) is 0 Å². The third kappa shape index (κ3) is 4.11. The Kier molecular flexibility index (Phi) is 5.47. The van der Waals surface area contributed by atoms with Gasteiger partial charge < -0.3 is 15.3 Å². The summed E-state index contributed by atoms with van der Waals surface area (Å²) in [4.78, 5) is 25.1. The predicted octanol–water partition coefficient (Wildman–Crippen LogP) is 3.96. The zero-order valence-corrected chi connectivity index (χ0v) is 13.7. The molecule has 114 valence electrons. The Morgan fingerprint density at radius 1 is 1.33 bits per heavy atom. The van der Waals surface area contributed by atoms with E-state index in [1.165, 1.54) is 4.90 Å². The van der Waals surface area contributed by atoms with Crippen LogP contribution in [0.3, 0.4) is 0 Å². The van der Waals surface area contributed by atoms with Gasteiger partial charge >= 0.3 is 12.0 Å². The van der Waals surface area contributed by atoms with Crippen molar-refractivity contribution in [1.82, 2.24) is 4.90 Å². The van der Waals surface area contributed by atoms with Crippen molar-refractivity contribution >= 4 is 45.2 Å². The number of likely N-dealkylation sites (tertiary alicyclic amines) is 1. The number of carboxylic acids is 1. The van der Waals surface area contributed by atoms with Gasteiger partial charge in [0, 0.05) is 11.0 Å². The molecule has 0 saturated carbocycles. The van der Waals surface area contributed by atoms with E-state index >= 15 is 0 Å². The number of hydrogen-bond acceptors (Lipinski definition) is 2. The zero-order valence-electron chi connectivity index (χ0n) is 11.3. The number of hydrogen-bond donors (Lipinski definition) is 2. The molecular weight excluding hydrogens is 360 g/mol. The minimum absolute atomic E-state index is 0.402. The minimum Gasteiger partial charge on any atom is -0.480 e. The summed E-state index contributed by atoms with van der Waals surface area (Å²) in [5.41, 5.74) is 0.471. The first-order valence-corrected chi connectivity index (χ1v) is 7.91. The van der Waals surface area contributed by atoms with Gasteiger partial charge in [-0.3, -0.25) is 0 Å². The van der Waals surface area contributed by atoms with E-state index in [2.05, 4.69) is 21.2 Å². The van der Waals surface area contributed by atoms with Crippen LogP contribution in [0.15, 0.2) is 22.7 Å². The fourth-order valence-electron chi connectivity index (χ4n) is 2.39. The Morgan fingerprint density at radius 3 is 2.76 bits per heavy atom. The van der Waals surface area contributed by atoms with E-state index < -0.39 is 18.0 Å². The molecule has 2 N–H and O–H groups in total. The van der Waals surface area contributed by atoms with E-state index in [0.717, 1.165) is 23.7 Å². The lowest BCUT2D eigenvalue weighted by Crippen LogP contribution is -2.46. The van der Waals surface area contributed by atoms with Gasteiger partial charge in [-0.05, 0) is 31.0 Å². The Bertz CT molecular complexity index is 553. The first-order chi connectivity index (χ1) is 9.99. The van der Waals surface area contributed by atoms with Gasteiger partial charge in [0.25, 0.3) is 0 Å². The maximum absolute atomic E-state index is 12.4. The highest BCUT2D eigenvalue weighted by molar-refractivity contribution is 9.10. The summed E-state index contributed by atoms with van der Waals surface area (Å²) in [6, 6.07) is 3.92. The third-order valence-corrected chi connectivity index (χ3v) is 4.28. The molecule has 7 heteroatoms. The predicted molar refractivity (Wildman–Crippen MR) is 84.8 cm³/mol. The minimum atomic E-state index is -0.964. The molecule has 1 heterocycles. The Hall–Kier alpha value is -1.27. The van der Waals surface area contributed by atoms with Crippen molar-refractivity contribution in [2.24, 2.45) is 0 Å². The molecule has 2 amide bonds. The van der Waals surface area contributed by atoms with E-state index in [9.17, 15) is 14.7 Å². The number of amides is 2. The number of anilines is 1. The van der Waals surface area contributed by atoms with Crippen molar-refractivity contribution in [3.05, 3.63) is 27.7 Å². The van der Waals surface area contributed by atoms with Crippen LogP contribution in [0.25, 0.3) is 0 Å². The van der Waals surface area contributed by atoms with Crippen LogP contribution < -0.4 is 5.32 Å². The molecule has 0 spiro atoms. The van der Waals surface area contributed by atoms with Gasteiger partial charge in [0.05, 0.1) is 10.7 Å². The number of benzene rings is 1. The maximum Gasteiger partial charge on any atom is 0.326 e. The summed E-state index contributed by atoms with van der Waals surface area (Å²) in [7, 11) is 0. The Morgan fingerprint density at radius 2 is 2.10 bits per heavy atom. The molecule has 1 saturated heterocycles. The molecule has 0 radical (unpaired) electrons. The lowest BCUT2D eigenvalue weighted by Gasteiger charge is -2.27. The fraction of sp³-hybridized carbons (Fsp3) is 0.429. The van der Waals surface area contributed by atoms with Crippen LogP contribution >= 0.6 is 27.5 Å². The molecule has 0 aliphatic carbocycles. The smallest absolute Gasteiger partial charge is 0.326 e. The molecule has 2 rings (SSSR count). The van der Waals surface area contributed by atoms with Gasteiger partial charge in [0.1, 0.15) is 6.04 Å². The van der Waals surface area contributed by atoms with Crippen molar-refractivity contribution in [3.8, 4) is 0 Å². The number of halogens is 2. The van der Waals surface area contributed by atoms with Gasteiger partial charge in [0.15, 0.2) is 0 Å². The number of rotatable bonds is 2. The van der Waals surface area contributed by atoms with Crippen molar-refractivity contribution in [2.75, 3.05) is 11.9 Å². The average Bonchev–Trinajstić information content (AvgIpc) is 2.67. The van der Waals surface area contributed by atoms with Gasteiger partial charge in [-0.15, -0.1) is 0 Å². The molecule has 21 heavy (non-hydrogen) atoms. The van der Waals surface area contributed by atoms with E-state index in [0.29, 0.717) is 23.7 Å². The highest BCUT2D eigenvalue weighted by Gasteiger charge is 2.30. The van der Waals surface area contributed by atoms with Crippen LogP contribution in [0.1, 0.15) is 25.7 Å². The van der Waals surface area contributed by atoms with Gasteiger partial charge in [-0.2, -0.15) is 0 Å². The monoisotopic (exact) mass is 374 g/mol. The van der Waals surface area contributed by atoms with E-state index in [1.54, 1.807) is 18.2 Å². The van der Waals surface area contributed by atoms with Crippen molar-refractivity contribution in [3.63, 3.8) is 0 Å². The Balaban J connectivity index is 2.14. The summed E-state index contributed by atoms with van der Waals surface area (Å²) in [6.45, 7) is 0.441. The summed E-state index contributed by atoms with van der Waals surface area (Å²) in [5, 5.41) is 12.4. The number of nitrogens with one attached hydrogen (secondary N) is 1. The van der Waals surface area contributed by atoms with Crippen molar-refractivity contribution < 1.29 is 14.7 Å². The van der Waals surface area contributed by atoms with Gasteiger partial charge in [-0.1, -0.05) is 40.4 Å². The van der Waals surface area contributed by atoms with E-state index in [-0.39, 0.29) is 0 Å². The Labute approximate surface area is 136 Å². The van der Waals surface area contributed by atoms with Crippen molar-refractivity contribution in [1.29, 1.82) is 0 Å².